The lowest BCUT2D eigenvalue weighted by Crippen LogP contribution is -2.50. The Labute approximate surface area is 183 Å². The summed E-state index contributed by atoms with van der Waals surface area (Å²) in [7, 11) is -1.05. The summed E-state index contributed by atoms with van der Waals surface area (Å²) in [6.45, 7) is 0.853. The van der Waals surface area contributed by atoms with E-state index in [0.717, 1.165) is 33.3 Å². The van der Waals surface area contributed by atoms with E-state index >= 15 is 0 Å². The molecule has 0 radical (unpaired) electrons. The van der Waals surface area contributed by atoms with Crippen molar-refractivity contribution in [3.05, 3.63) is 58.5 Å². The number of carbonyl (C=O) groups is 1. The summed E-state index contributed by atoms with van der Waals surface area (Å²) < 4.78 is 65.5. The van der Waals surface area contributed by atoms with E-state index in [0.29, 0.717) is 18.8 Å². The molecule has 0 N–H and O–H groups in total. The summed E-state index contributed by atoms with van der Waals surface area (Å²) in [6, 6.07) is 7.29. The van der Waals surface area contributed by atoms with E-state index in [9.17, 15) is 31.2 Å². The summed E-state index contributed by atoms with van der Waals surface area (Å²) in [6.07, 6.45) is -3.30. The molecule has 0 aliphatic carbocycles. The highest BCUT2D eigenvalue weighted by molar-refractivity contribution is 7.89. The van der Waals surface area contributed by atoms with Gasteiger partial charge in [0.2, 0.25) is 15.9 Å². The first-order valence-electron chi connectivity index (χ1n) is 9.72. The predicted octanol–water partition coefficient (Wildman–Crippen LogP) is 1.47. The fourth-order valence-electron chi connectivity index (χ4n) is 3.34. The number of rotatable bonds is 5. The second-order valence-corrected chi connectivity index (χ2v) is 9.69. The van der Waals surface area contributed by atoms with Gasteiger partial charge >= 0.3 is 6.18 Å². The predicted molar refractivity (Wildman–Crippen MR) is 112 cm³/mol. The zero-order valence-corrected chi connectivity index (χ0v) is 18.4. The molecule has 1 aliphatic heterocycles. The van der Waals surface area contributed by atoms with Crippen LogP contribution in [0.3, 0.4) is 0 Å². The number of pyridine rings is 1. The zero-order chi connectivity index (χ0) is 23.7. The molecule has 3 rings (SSSR count). The fraction of sp³-hybridized carbons (Fsp3) is 0.400. The minimum absolute atomic E-state index is 0.107. The summed E-state index contributed by atoms with van der Waals surface area (Å²) in [5, 5.41) is 0. The van der Waals surface area contributed by atoms with Crippen molar-refractivity contribution < 1.29 is 26.4 Å². The Morgan fingerprint density at radius 1 is 1.06 bits per heavy atom. The van der Waals surface area contributed by atoms with E-state index in [-0.39, 0.29) is 30.4 Å². The lowest BCUT2D eigenvalue weighted by Gasteiger charge is -2.36. The highest BCUT2D eigenvalue weighted by atomic mass is 32.2. The van der Waals surface area contributed by atoms with Crippen LogP contribution in [0.4, 0.5) is 18.9 Å². The first-order valence-corrected chi connectivity index (χ1v) is 11.2. The summed E-state index contributed by atoms with van der Waals surface area (Å²) in [4.78, 5) is 28.0. The van der Waals surface area contributed by atoms with E-state index in [1.54, 1.807) is 11.0 Å². The van der Waals surface area contributed by atoms with Crippen LogP contribution in [0.25, 0.3) is 0 Å². The SMILES string of the molecule is CN(C)S(=O)(=O)c1ccc(=O)n(CC(=O)N2CCN(c3cccc(C(F)(F)F)c3)CC2)c1. The third kappa shape index (κ3) is 5.13. The number of carbonyl (C=O) groups excluding carboxylic acids is 1. The molecular weight excluding hydrogens is 449 g/mol. The van der Waals surface area contributed by atoms with Crippen molar-refractivity contribution >= 4 is 21.6 Å². The highest BCUT2D eigenvalue weighted by Crippen LogP contribution is 2.31. The van der Waals surface area contributed by atoms with Gasteiger partial charge in [-0.15, -0.1) is 0 Å². The van der Waals surface area contributed by atoms with E-state index in [1.807, 2.05) is 0 Å². The van der Waals surface area contributed by atoms with Gasteiger partial charge in [0.05, 0.1) is 10.5 Å². The number of nitrogens with zero attached hydrogens (tertiary/aromatic N) is 4. The van der Waals surface area contributed by atoms with Gasteiger partial charge in [-0.05, 0) is 24.3 Å². The molecular formula is C20H23F3N4O4S. The lowest BCUT2D eigenvalue weighted by molar-refractivity contribution is -0.137. The number of hydrogen-bond donors (Lipinski definition) is 0. The van der Waals surface area contributed by atoms with Gasteiger partial charge in [-0.25, -0.2) is 12.7 Å². The summed E-state index contributed by atoms with van der Waals surface area (Å²) in [5.74, 6) is -0.379. The first kappa shape index (κ1) is 23.8. The maximum absolute atomic E-state index is 12.9. The Morgan fingerprint density at radius 2 is 1.72 bits per heavy atom. The Morgan fingerprint density at radius 3 is 2.31 bits per heavy atom. The number of alkyl halides is 3. The van der Waals surface area contributed by atoms with Gasteiger partial charge in [0.25, 0.3) is 5.56 Å². The lowest BCUT2D eigenvalue weighted by atomic mass is 10.1. The van der Waals surface area contributed by atoms with Gasteiger partial charge in [-0.3, -0.25) is 9.59 Å². The van der Waals surface area contributed by atoms with Crippen molar-refractivity contribution in [1.82, 2.24) is 13.8 Å². The molecule has 1 fully saturated rings. The molecule has 1 amide bonds. The van der Waals surface area contributed by atoms with Crippen LogP contribution in [-0.4, -0.2) is 68.4 Å². The van der Waals surface area contributed by atoms with Crippen LogP contribution in [0.5, 0.6) is 0 Å². The van der Waals surface area contributed by atoms with Crippen molar-refractivity contribution in [2.24, 2.45) is 0 Å². The molecule has 32 heavy (non-hydrogen) atoms. The number of benzene rings is 1. The first-order chi connectivity index (χ1) is 14.9. The molecule has 1 aliphatic rings. The number of hydrogen-bond acceptors (Lipinski definition) is 5. The molecule has 1 aromatic carbocycles. The molecule has 174 valence electrons. The van der Waals surface area contributed by atoms with Crippen LogP contribution in [0.1, 0.15) is 5.56 Å². The van der Waals surface area contributed by atoms with Crippen LogP contribution in [0.2, 0.25) is 0 Å². The Bertz CT molecular complexity index is 1150. The largest absolute Gasteiger partial charge is 0.416 e. The zero-order valence-electron chi connectivity index (χ0n) is 17.5. The van der Waals surface area contributed by atoms with Crippen molar-refractivity contribution in [2.75, 3.05) is 45.2 Å². The molecule has 8 nitrogen and oxygen atoms in total. The number of piperazine rings is 1. The molecule has 1 aromatic heterocycles. The maximum atomic E-state index is 12.9. The smallest absolute Gasteiger partial charge is 0.368 e. The van der Waals surface area contributed by atoms with Crippen molar-refractivity contribution in [3.8, 4) is 0 Å². The van der Waals surface area contributed by atoms with Gasteiger partial charge in [0.1, 0.15) is 6.54 Å². The van der Waals surface area contributed by atoms with Gasteiger partial charge in [0.15, 0.2) is 0 Å². The molecule has 12 heteroatoms. The van der Waals surface area contributed by atoms with Gasteiger partial charge in [-0.1, -0.05) is 6.07 Å². The van der Waals surface area contributed by atoms with Crippen LogP contribution < -0.4 is 10.5 Å². The van der Waals surface area contributed by atoms with Crippen molar-refractivity contribution in [2.45, 2.75) is 17.6 Å². The third-order valence-electron chi connectivity index (χ3n) is 5.21. The van der Waals surface area contributed by atoms with Gasteiger partial charge in [-0.2, -0.15) is 13.2 Å². The summed E-state index contributed by atoms with van der Waals surface area (Å²) in [5.41, 5.74) is -0.830. The average Bonchev–Trinajstić information content (AvgIpc) is 2.74. The number of sulfonamides is 1. The third-order valence-corrected chi connectivity index (χ3v) is 7.01. The fourth-order valence-corrected chi connectivity index (χ4v) is 4.26. The molecule has 2 heterocycles. The molecule has 2 aromatic rings. The molecule has 0 saturated carbocycles. The van der Waals surface area contributed by atoms with Gasteiger partial charge < -0.3 is 14.4 Å². The van der Waals surface area contributed by atoms with Crippen LogP contribution in [0, 0.1) is 0 Å². The standard InChI is InChI=1S/C20H23F3N4O4S/c1-24(2)32(30,31)17-6-7-18(28)27(13-17)14-19(29)26-10-8-25(9-11-26)16-5-3-4-15(12-16)20(21,22)23/h3-7,12-13H,8-11,14H2,1-2H3. The average molecular weight is 472 g/mol. The Kier molecular flexibility index (Phi) is 6.65. The highest BCUT2D eigenvalue weighted by Gasteiger charge is 2.31. The summed E-state index contributed by atoms with van der Waals surface area (Å²) >= 11 is 0. The number of amides is 1. The number of aromatic nitrogens is 1. The molecule has 0 atom stereocenters. The molecule has 0 bridgehead atoms. The van der Waals surface area contributed by atoms with Crippen molar-refractivity contribution in [1.29, 1.82) is 0 Å². The van der Waals surface area contributed by atoms with Crippen LogP contribution in [-0.2, 0) is 27.5 Å². The van der Waals surface area contributed by atoms with E-state index in [4.69, 9.17) is 0 Å². The van der Waals surface area contributed by atoms with E-state index in [1.165, 1.54) is 31.1 Å². The van der Waals surface area contributed by atoms with E-state index < -0.39 is 27.3 Å². The minimum Gasteiger partial charge on any atom is -0.368 e. The Balaban J connectivity index is 1.68. The topological polar surface area (TPSA) is 82.9 Å². The maximum Gasteiger partial charge on any atom is 0.416 e. The molecule has 1 saturated heterocycles. The normalized spacial score (nSPS) is 15.3. The monoisotopic (exact) mass is 472 g/mol. The Hall–Kier alpha value is -2.86. The van der Waals surface area contributed by atoms with Crippen LogP contribution >= 0.6 is 0 Å². The second-order valence-electron chi connectivity index (χ2n) is 7.53. The van der Waals surface area contributed by atoms with Crippen molar-refractivity contribution in [3.63, 3.8) is 0 Å². The van der Waals surface area contributed by atoms with E-state index in [2.05, 4.69) is 0 Å². The molecule has 0 spiro atoms. The van der Waals surface area contributed by atoms with Crippen LogP contribution in [0.15, 0.2) is 52.3 Å². The molecule has 0 unspecified atom stereocenters. The van der Waals surface area contributed by atoms with Gasteiger partial charge in [0, 0.05) is 58.2 Å². The number of halogens is 3. The number of anilines is 1. The second kappa shape index (κ2) is 8.94. The minimum atomic E-state index is -4.43. The quantitative estimate of drug-likeness (QED) is 0.658.